The second kappa shape index (κ2) is 7.83. The fraction of sp³-hybridized carbons (Fsp3) is 0.400. The van der Waals surface area contributed by atoms with Crippen molar-refractivity contribution in [2.75, 3.05) is 11.9 Å². The fourth-order valence-corrected chi connectivity index (χ4v) is 4.81. The zero-order chi connectivity index (χ0) is 19.7. The fourth-order valence-electron chi connectivity index (χ4n) is 4.81. The highest BCUT2D eigenvalue weighted by atomic mass is 15.2. The Labute approximate surface area is 168 Å². The molecule has 0 bridgehead atoms. The monoisotopic (exact) mass is 373 g/mol. The maximum absolute atomic E-state index is 5.16. The van der Waals surface area contributed by atoms with E-state index in [1.807, 2.05) is 0 Å². The molecule has 3 aromatic rings. The van der Waals surface area contributed by atoms with Crippen LogP contribution in [0.15, 0.2) is 42.5 Å². The Balaban J connectivity index is 1.82. The molecule has 4 rings (SSSR count). The van der Waals surface area contributed by atoms with E-state index in [4.69, 9.17) is 4.98 Å². The number of aryl methyl sites for hydroxylation is 3. The Hall–Kier alpha value is -2.55. The van der Waals surface area contributed by atoms with Crippen LogP contribution in [0.5, 0.6) is 0 Å². The second-order valence-electron chi connectivity index (χ2n) is 8.33. The standard InChI is InChI=1S/C25H31N3/c1-17-15-18(2)23(19(3)16-17)28(4)25-22(20-11-7-5-8-12-20)26-24(27-25)21-13-9-6-10-14-21/h5,7-8,11-12,15-16,21H,6,9-10,13-14H2,1-4H3,(H,26,27). The van der Waals surface area contributed by atoms with E-state index in [0.29, 0.717) is 5.92 Å². The molecule has 0 saturated heterocycles. The number of anilines is 2. The third kappa shape index (κ3) is 3.58. The van der Waals surface area contributed by atoms with Gasteiger partial charge in [0.2, 0.25) is 0 Å². The van der Waals surface area contributed by atoms with Gasteiger partial charge in [-0.2, -0.15) is 0 Å². The van der Waals surface area contributed by atoms with E-state index >= 15 is 0 Å². The second-order valence-corrected chi connectivity index (χ2v) is 8.33. The van der Waals surface area contributed by atoms with Gasteiger partial charge in [0.05, 0.1) is 5.69 Å². The Morgan fingerprint density at radius 3 is 2.21 bits per heavy atom. The number of benzene rings is 2. The van der Waals surface area contributed by atoms with E-state index in [9.17, 15) is 0 Å². The maximum atomic E-state index is 5.16. The topological polar surface area (TPSA) is 31.9 Å². The van der Waals surface area contributed by atoms with E-state index in [2.05, 4.69) is 80.2 Å². The molecule has 0 atom stereocenters. The maximum Gasteiger partial charge on any atom is 0.159 e. The summed E-state index contributed by atoms with van der Waals surface area (Å²) in [6.45, 7) is 6.56. The van der Waals surface area contributed by atoms with Crippen LogP contribution in [0.3, 0.4) is 0 Å². The normalized spacial score (nSPS) is 15.0. The Morgan fingerprint density at radius 2 is 1.57 bits per heavy atom. The molecule has 0 amide bonds. The number of H-pyrrole nitrogens is 1. The lowest BCUT2D eigenvalue weighted by Crippen LogP contribution is -2.14. The van der Waals surface area contributed by atoms with E-state index in [-0.39, 0.29) is 0 Å². The van der Waals surface area contributed by atoms with E-state index < -0.39 is 0 Å². The van der Waals surface area contributed by atoms with E-state index in [1.165, 1.54) is 60.0 Å². The van der Waals surface area contributed by atoms with Crippen molar-refractivity contribution in [3.63, 3.8) is 0 Å². The number of nitrogens with zero attached hydrogens (tertiary/aromatic N) is 2. The van der Waals surface area contributed by atoms with Crippen LogP contribution >= 0.6 is 0 Å². The number of imidazole rings is 1. The minimum absolute atomic E-state index is 0.554. The van der Waals surface area contributed by atoms with Crippen molar-refractivity contribution in [1.29, 1.82) is 0 Å². The summed E-state index contributed by atoms with van der Waals surface area (Å²) in [5, 5.41) is 0. The molecule has 0 aliphatic heterocycles. The molecular weight excluding hydrogens is 342 g/mol. The van der Waals surface area contributed by atoms with Gasteiger partial charge >= 0.3 is 0 Å². The zero-order valence-electron chi connectivity index (χ0n) is 17.5. The minimum atomic E-state index is 0.554. The predicted octanol–water partition coefficient (Wildman–Crippen LogP) is 6.82. The first-order valence-electron chi connectivity index (χ1n) is 10.5. The summed E-state index contributed by atoms with van der Waals surface area (Å²) in [5.74, 6) is 2.74. The molecule has 146 valence electrons. The van der Waals surface area contributed by atoms with Crippen LogP contribution < -0.4 is 4.90 Å². The number of nitrogens with one attached hydrogen (secondary N) is 1. The van der Waals surface area contributed by atoms with Gasteiger partial charge in [-0.3, -0.25) is 0 Å². The quantitative estimate of drug-likeness (QED) is 0.544. The molecule has 1 heterocycles. The van der Waals surface area contributed by atoms with Gasteiger partial charge in [-0.15, -0.1) is 0 Å². The number of aromatic amines is 1. The molecule has 1 saturated carbocycles. The van der Waals surface area contributed by atoms with Crippen molar-refractivity contribution in [3.8, 4) is 11.3 Å². The Bertz CT molecular complexity index is 926. The molecule has 1 N–H and O–H groups in total. The molecule has 2 aromatic carbocycles. The molecule has 0 spiro atoms. The molecule has 1 aliphatic rings. The van der Waals surface area contributed by atoms with Gasteiger partial charge in [-0.25, -0.2) is 4.98 Å². The van der Waals surface area contributed by atoms with Crippen molar-refractivity contribution >= 4 is 11.5 Å². The summed E-state index contributed by atoms with van der Waals surface area (Å²) in [6, 6.07) is 15.1. The lowest BCUT2D eigenvalue weighted by atomic mass is 9.89. The van der Waals surface area contributed by atoms with Gasteiger partial charge in [0.25, 0.3) is 0 Å². The number of hydrogen-bond donors (Lipinski definition) is 1. The first-order valence-corrected chi connectivity index (χ1v) is 10.5. The summed E-state index contributed by atoms with van der Waals surface area (Å²) in [5.41, 5.74) is 7.47. The van der Waals surface area contributed by atoms with Gasteiger partial charge < -0.3 is 9.88 Å². The highest BCUT2D eigenvalue weighted by molar-refractivity contribution is 5.79. The smallest absolute Gasteiger partial charge is 0.159 e. The van der Waals surface area contributed by atoms with Crippen LogP contribution in [-0.2, 0) is 0 Å². The molecule has 28 heavy (non-hydrogen) atoms. The SMILES string of the molecule is Cc1cc(C)c(N(C)c2nc(C3CCCCC3)[nH]c2-c2ccccc2)c(C)c1. The van der Waals surface area contributed by atoms with Gasteiger partial charge in [-0.1, -0.05) is 67.3 Å². The number of hydrogen-bond acceptors (Lipinski definition) is 2. The lowest BCUT2D eigenvalue weighted by Gasteiger charge is -2.23. The van der Waals surface area contributed by atoms with Gasteiger partial charge in [0, 0.05) is 24.2 Å². The zero-order valence-corrected chi connectivity index (χ0v) is 17.5. The molecule has 1 aromatic heterocycles. The molecule has 0 radical (unpaired) electrons. The van der Waals surface area contributed by atoms with Gasteiger partial charge in [-0.05, 0) is 44.7 Å². The summed E-state index contributed by atoms with van der Waals surface area (Å²) in [4.78, 5) is 11.2. The summed E-state index contributed by atoms with van der Waals surface area (Å²) < 4.78 is 0. The van der Waals surface area contributed by atoms with Crippen molar-refractivity contribution in [1.82, 2.24) is 9.97 Å². The summed E-state index contributed by atoms with van der Waals surface area (Å²) >= 11 is 0. The molecule has 3 heteroatoms. The molecule has 1 aliphatic carbocycles. The Kier molecular flexibility index (Phi) is 5.25. The highest BCUT2D eigenvalue weighted by Crippen LogP contribution is 2.39. The lowest BCUT2D eigenvalue weighted by molar-refractivity contribution is 0.431. The van der Waals surface area contributed by atoms with Crippen molar-refractivity contribution in [2.45, 2.75) is 58.8 Å². The van der Waals surface area contributed by atoms with Crippen LogP contribution in [0.25, 0.3) is 11.3 Å². The minimum Gasteiger partial charge on any atom is -0.340 e. The van der Waals surface area contributed by atoms with E-state index in [0.717, 1.165) is 17.3 Å². The largest absolute Gasteiger partial charge is 0.340 e. The van der Waals surface area contributed by atoms with Crippen molar-refractivity contribution in [3.05, 3.63) is 65.0 Å². The average Bonchev–Trinajstić information content (AvgIpc) is 3.14. The van der Waals surface area contributed by atoms with Gasteiger partial charge in [0.1, 0.15) is 5.82 Å². The summed E-state index contributed by atoms with van der Waals surface area (Å²) in [6.07, 6.45) is 6.47. The average molecular weight is 374 g/mol. The highest BCUT2D eigenvalue weighted by Gasteiger charge is 2.24. The molecule has 0 unspecified atom stereocenters. The van der Waals surface area contributed by atoms with Gasteiger partial charge in [0.15, 0.2) is 5.82 Å². The summed E-state index contributed by atoms with van der Waals surface area (Å²) in [7, 11) is 2.15. The number of aromatic nitrogens is 2. The van der Waals surface area contributed by atoms with Crippen molar-refractivity contribution in [2.24, 2.45) is 0 Å². The molecular formula is C25H31N3. The van der Waals surface area contributed by atoms with Crippen LogP contribution in [0, 0.1) is 20.8 Å². The van der Waals surface area contributed by atoms with Crippen LogP contribution in [0.4, 0.5) is 11.5 Å². The van der Waals surface area contributed by atoms with Crippen LogP contribution in [0.2, 0.25) is 0 Å². The number of rotatable bonds is 4. The molecule has 3 nitrogen and oxygen atoms in total. The first-order chi connectivity index (χ1) is 13.5. The van der Waals surface area contributed by atoms with Crippen molar-refractivity contribution < 1.29 is 0 Å². The molecule has 1 fully saturated rings. The third-order valence-corrected chi connectivity index (χ3v) is 6.05. The first kappa shape index (κ1) is 18.8. The van der Waals surface area contributed by atoms with Crippen LogP contribution in [-0.4, -0.2) is 17.0 Å². The predicted molar refractivity (Wildman–Crippen MR) is 119 cm³/mol. The van der Waals surface area contributed by atoms with E-state index in [1.54, 1.807) is 0 Å². The third-order valence-electron chi connectivity index (χ3n) is 6.05. The van der Waals surface area contributed by atoms with Crippen LogP contribution in [0.1, 0.15) is 60.5 Å². The Morgan fingerprint density at radius 1 is 0.929 bits per heavy atom.